The molecule has 2 atom stereocenters. The van der Waals surface area contributed by atoms with Crippen molar-refractivity contribution in [2.24, 2.45) is 0 Å². The Morgan fingerprint density at radius 2 is 2.17 bits per heavy atom. The molecule has 6 heteroatoms. The molecule has 1 fully saturated rings. The minimum absolute atomic E-state index is 0.0380. The molecule has 0 radical (unpaired) electrons. The Labute approximate surface area is 146 Å². The predicted molar refractivity (Wildman–Crippen MR) is 94.8 cm³/mol. The third kappa shape index (κ3) is 4.01. The van der Waals surface area contributed by atoms with Crippen molar-refractivity contribution in [3.63, 3.8) is 0 Å². The maximum Gasteiger partial charge on any atom is 0.242 e. The van der Waals surface area contributed by atoms with Crippen LogP contribution in [-0.2, 0) is 9.53 Å². The highest BCUT2D eigenvalue weighted by Crippen LogP contribution is 2.30. The quantitative estimate of drug-likeness (QED) is 0.905. The number of thiazole rings is 1. The third-order valence-corrected chi connectivity index (χ3v) is 4.85. The Hall–Kier alpha value is -1.76. The highest BCUT2D eigenvalue weighted by molar-refractivity contribution is 7.09. The second-order valence-electron chi connectivity index (χ2n) is 6.20. The van der Waals surface area contributed by atoms with Gasteiger partial charge in [-0.25, -0.2) is 4.98 Å². The standard InChI is InChI=1S/C18H23N3O2S/c1-13(2)20-17(22)16(14-6-4-3-5-7-14)21-9-10-23-15(12-21)18-19-8-11-24-18/h3-8,11,13,15-16H,9-10,12H2,1-2H3,(H,20,22)/t15-,16+/m0/s1. The zero-order valence-corrected chi connectivity index (χ0v) is 14.8. The molecule has 0 aliphatic carbocycles. The van der Waals surface area contributed by atoms with E-state index in [0.29, 0.717) is 13.2 Å². The van der Waals surface area contributed by atoms with Gasteiger partial charge in [0.25, 0.3) is 0 Å². The van der Waals surface area contributed by atoms with Gasteiger partial charge in [0.05, 0.1) is 6.61 Å². The van der Waals surface area contributed by atoms with Gasteiger partial charge in [-0.15, -0.1) is 11.3 Å². The molecule has 1 aliphatic rings. The Kier molecular flexibility index (Phi) is 5.60. The van der Waals surface area contributed by atoms with Crippen LogP contribution in [0.4, 0.5) is 0 Å². The number of nitrogens with zero attached hydrogens (tertiary/aromatic N) is 2. The molecule has 2 aromatic rings. The van der Waals surface area contributed by atoms with E-state index >= 15 is 0 Å². The minimum atomic E-state index is -0.306. The summed E-state index contributed by atoms with van der Waals surface area (Å²) in [5.74, 6) is 0.0380. The number of rotatable bonds is 5. The molecule has 1 amide bonds. The van der Waals surface area contributed by atoms with Crippen LogP contribution < -0.4 is 5.32 Å². The number of benzene rings is 1. The number of hydrogen-bond acceptors (Lipinski definition) is 5. The van der Waals surface area contributed by atoms with Gasteiger partial charge >= 0.3 is 0 Å². The highest BCUT2D eigenvalue weighted by atomic mass is 32.1. The maximum atomic E-state index is 12.8. The fourth-order valence-corrected chi connectivity index (χ4v) is 3.65. The van der Waals surface area contributed by atoms with Crippen LogP contribution in [0.25, 0.3) is 0 Å². The summed E-state index contributed by atoms with van der Waals surface area (Å²) in [6.45, 7) is 5.96. The van der Waals surface area contributed by atoms with Crippen molar-refractivity contribution >= 4 is 17.2 Å². The Bertz CT molecular complexity index is 646. The van der Waals surface area contributed by atoms with Crippen molar-refractivity contribution in [3.05, 3.63) is 52.5 Å². The van der Waals surface area contributed by atoms with E-state index in [1.807, 2.05) is 49.6 Å². The monoisotopic (exact) mass is 345 g/mol. The summed E-state index contributed by atoms with van der Waals surface area (Å²) in [5, 5.41) is 5.98. The summed E-state index contributed by atoms with van der Waals surface area (Å²) in [7, 11) is 0. The van der Waals surface area contributed by atoms with Crippen LogP contribution in [0.5, 0.6) is 0 Å². The van der Waals surface area contributed by atoms with E-state index in [0.717, 1.165) is 17.1 Å². The SMILES string of the molecule is CC(C)NC(=O)[C@@H](c1ccccc1)N1CCO[C@H](c2nccs2)C1. The van der Waals surface area contributed by atoms with Crippen LogP contribution in [0.2, 0.25) is 0 Å². The molecular formula is C18H23N3O2S. The van der Waals surface area contributed by atoms with Gasteiger partial charge in [-0.2, -0.15) is 0 Å². The normalized spacial score (nSPS) is 20.0. The van der Waals surface area contributed by atoms with Gasteiger partial charge < -0.3 is 10.1 Å². The van der Waals surface area contributed by atoms with Crippen LogP contribution in [0.3, 0.4) is 0 Å². The van der Waals surface area contributed by atoms with E-state index in [1.165, 1.54) is 0 Å². The average Bonchev–Trinajstić information content (AvgIpc) is 3.10. The van der Waals surface area contributed by atoms with Crippen LogP contribution in [0.15, 0.2) is 41.9 Å². The van der Waals surface area contributed by atoms with E-state index in [-0.39, 0.29) is 24.1 Å². The van der Waals surface area contributed by atoms with E-state index < -0.39 is 0 Å². The number of ether oxygens (including phenoxy) is 1. The zero-order valence-electron chi connectivity index (χ0n) is 14.0. The highest BCUT2D eigenvalue weighted by Gasteiger charge is 2.33. The first-order valence-corrected chi connectivity index (χ1v) is 9.13. The maximum absolute atomic E-state index is 12.8. The van der Waals surface area contributed by atoms with E-state index in [4.69, 9.17) is 4.74 Å². The van der Waals surface area contributed by atoms with E-state index in [9.17, 15) is 4.79 Å². The number of aromatic nitrogens is 1. The molecule has 1 aliphatic heterocycles. The van der Waals surface area contributed by atoms with Crippen molar-refractivity contribution in [3.8, 4) is 0 Å². The topological polar surface area (TPSA) is 54.5 Å². The second-order valence-corrected chi connectivity index (χ2v) is 7.13. The van der Waals surface area contributed by atoms with Gasteiger partial charge in [0.2, 0.25) is 5.91 Å². The van der Waals surface area contributed by atoms with E-state index in [2.05, 4.69) is 15.2 Å². The largest absolute Gasteiger partial charge is 0.368 e. The smallest absolute Gasteiger partial charge is 0.242 e. The summed E-state index contributed by atoms with van der Waals surface area (Å²) >= 11 is 1.59. The average molecular weight is 345 g/mol. The fraction of sp³-hybridized carbons (Fsp3) is 0.444. The molecule has 3 rings (SSSR count). The molecule has 1 aromatic heterocycles. The number of amides is 1. The Morgan fingerprint density at radius 3 is 2.83 bits per heavy atom. The number of carbonyl (C=O) groups is 1. The number of carbonyl (C=O) groups excluding carboxylic acids is 1. The van der Waals surface area contributed by atoms with Crippen molar-refractivity contribution in [1.29, 1.82) is 0 Å². The van der Waals surface area contributed by atoms with Crippen LogP contribution in [0.1, 0.15) is 36.6 Å². The molecule has 128 valence electrons. The molecule has 0 unspecified atom stereocenters. The summed E-state index contributed by atoms with van der Waals surface area (Å²) < 4.78 is 5.87. The van der Waals surface area contributed by atoms with Crippen LogP contribution in [-0.4, -0.2) is 41.5 Å². The molecule has 2 heterocycles. The predicted octanol–water partition coefficient (Wildman–Crippen LogP) is 2.78. The molecule has 1 N–H and O–H groups in total. The van der Waals surface area contributed by atoms with Gasteiger partial charge in [0.1, 0.15) is 17.2 Å². The lowest BCUT2D eigenvalue weighted by atomic mass is 10.0. The molecule has 0 bridgehead atoms. The first kappa shape index (κ1) is 17.1. The Morgan fingerprint density at radius 1 is 1.38 bits per heavy atom. The lowest BCUT2D eigenvalue weighted by Crippen LogP contribution is -2.47. The molecule has 24 heavy (non-hydrogen) atoms. The molecule has 5 nitrogen and oxygen atoms in total. The van der Waals surface area contributed by atoms with Gasteiger partial charge in [0.15, 0.2) is 0 Å². The van der Waals surface area contributed by atoms with Crippen molar-refractivity contribution in [2.75, 3.05) is 19.7 Å². The van der Waals surface area contributed by atoms with E-state index in [1.54, 1.807) is 17.5 Å². The van der Waals surface area contributed by atoms with Crippen molar-refractivity contribution in [1.82, 2.24) is 15.2 Å². The molecule has 0 spiro atoms. The number of nitrogens with one attached hydrogen (secondary N) is 1. The molecular weight excluding hydrogens is 322 g/mol. The van der Waals surface area contributed by atoms with Crippen molar-refractivity contribution < 1.29 is 9.53 Å². The first-order chi connectivity index (χ1) is 11.6. The minimum Gasteiger partial charge on any atom is -0.368 e. The third-order valence-electron chi connectivity index (χ3n) is 3.98. The molecule has 1 aromatic carbocycles. The second kappa shape index (κ2) is 7.88. The van der Waals surface area contributed by atoms with Gasteiger partial charge in [-0.3, -0.25) is 9.69 Å². The molecule has 0 saturated carbocycles. The van der Waals surface area contributed by atoms with Crippen LogP contribution >= 0.6 is 11.3 Å². The lowest BCUT2D eigenvalue weighted by Gasteiger charge is -2.37. The fourth-order valence-electron chi connectivity index (χ4n) is 2.97. The summed E-state index contributed by atoms with van der Waals surface area (Å²) in [6.07, 6.45) is 1.72. The Balaban J connectivity index is 1.83. The van der Waals surface area contributed by atoms with Crippen molar-refractivity contribution in [2.45, 2.75) is 32.0 Å². The summed E-state index contributed by atoms with van der Waals surface area (Å²) in [6, 6.07) is 9.75. The van der Waals surface area contributed by atoms with Crippen LogP contribution in [0, 0.1) is 0 Å². The van der Waals surface area contributed by atoms with Gasteiger partial charge in [-0.05, 0) is 19.4 Å². The van der Waals surface area contributed by atoms with Gasteiger partial charge in [0, 0.05) is 30.7 Å². The zero-order chi connectivity index (χ0) is 16.9. The summed E-state index contributed by atoms with van der Waals surface area (Å²) in [5.41, 5.74) is 1.01. The first-order valence-electron chi connectivity index (χ1n) is 8.25. The summed E-state index contributed by atoms with van der Waals surface area (Å²) in [4.78, 5) is 19.4. The lowest BCUT2D eigenvalue weighted by molar-refractivity contribution is -0.131. The van der Waals surface area contributed by atoms with Gasteiger partial charge in [-0.1, -0.05) is 30.3 Å². The number of hydrogen-bond donors (Lipinski definition) is 1. The molecule has 1 saturated heterocycles. The number of morpholine rings is 1.